The summed E-state index contributed by atoms with van der Waals surface area (Å²) in [6.45, 7) is 7.03. The van der Waals surface area contributed by atoms with E-state index in [1.807, 2.05) is 13.0 Å². The van der Waals surface area contributed by atoms with Crippen molar-refractivity contribution in [2.45, 2.75) is 45.8 Å². The van der Waals surface area contributed by atoms with Gasteiger partial charge in [-0.25, -0.2) is 9.59 Å². The van der Waals surface area contributed by atoms with Crippen molar-refractivity contribution in [3.63, 3.8) is 0 Å². The molecule has 6 nitrogen and oxygen atoms in total. The van der Waals surface area contributed by atoms with Crippen molar-refractivity contribution in [1.82, 2.24) is 10.3 Å². The van der Waals surface area contributed by atoms with Crippen LogP contribution in [-0.4, -0.2) is 33.8 Å². The number of pyridine rings is 1. The van der Waals surface area contributed by atoms with Gasteiger partial charge in [-0.05, 0) is 39.3 Å². The first-order valence-electron chi connectivity index (χ1n) is 6.31. The van der Waals surface area contributed by atoms with Crippen LogP contribution in [0.5, 0.6) is 0 Å². The van der Waals surface area contributed by atoms with Crippen LogP contribution < -0.4 is 5.32 Å². The van der Waals surface area contributed by atoms with Gasteiger partial charge in [0.15, 0.2) is 0 Å². The van der Waals surface area contributed by atoms with E-state index in [1.54, 1.807) is 33.0 Å². The minimum atomic E-state index is -1.13. The predicted molar refractivity (Wildman–Crippen MR) is 73.5 cm³/mol. The summed E-state index contributed by atoms with van der Waals surface area (Å²) in [7, 11) is 0. The summed E-state index contributed by atoms with van der Waals surface area (Å²) in [5.74, 6) is -1.13. The topological polar surface area (TPSA) is 88.5 Å². The highest BCUT2D eigenvalue weighted by Gasteiger charge is 2.24. The molecule has 1 atom stereocenters. The third-order valence-corrected chi connectivity index (χ3v) is 2.37. The highest BCUT2D eigenvalue weighted by molar-refractivity contribution is 5.80. The number of alkyl carbamates (subject to hydrolysis) is 1. The number of carbonyl (C=O) groups excluding carboxylic acids is 1. The fourth-order valence-electron chi connectivity index (χ4n) is 1.48. The van der Waals surface area contributed by atoms with E-state index in [0.29, 0.717) is 5.69 Å². The zero-order valence-corrected chi connectivity index (χ0v) is 12.1. The first-order valence-corrected chi connectivity index (χ1v) is 6.31. The minimum Gasteiger partial charge on any atom is -0.480 e. The molecule has 6 heteroatoms. The fourth-order valence-corrected chi connectivity index (χ4v) is 1.48. The average molecular weight is 280 g/mol. The predicted octanol–water partition coefficient (Wildman–Crippen LogP) is 1.91. The fraction of sp³-hybridized carbons (Fsp3) is 0.500. The lowest BCUT2D eigenvalue weighted by atomic mass is 10.1. The van der Waals surface area contributed by atoms with E-state index in [4.69, 9.17) is 9.84 Å². The van der Waals surface area contributed by atoms with Crippen LogP contribution in [0.2, 0.25) is 0 Å². The van der Waals surface area contributed by atoms with E-state index in [-0.39, 0.29) is 6.42 Å². The molecule has 0 saturated carbocycles. The highest BCUT2D eigenvalue weighted by atomic mass is 16.6. The van der Waals surface area contributed by atoms with Gasteiger partial charge in [0.25, 0.3) is 0 Å². The quantitative estimate of drug-likeness (QED) is 0.879. The van der Waals surface area contributed by atoms with Crippen molar-refractivity contribution in [2.24, 2.45) is 0 Å². The molecule has 0 unspecified atom stereocenters. The number of carboxylic acid groups (broad SMARTS) is 1. The Hall–Kier alpha value is -2.11. The van der Waals surface area contributed by atoms with Crippen LogP contribution in [0.25, 0.3) is 0 Å². The molecule has 1 rings (SSSR count). The number of carbonyl (C=O) groups is 2. The first-order chi connectivity index (χ1) is 9.17. The van der Waals surface area contributed by atoms with Crippen LogP contribution in [-0.2, 0) is 16.0 Å². The summed E-state index contributed by atoms with van der Waals surface area (Å²) in [5.41, 5.74) is 0.912. The zero-order valence-electron chi connectivity index (χ0n) is 12.1. The Labute approximate surface area is 118 Å². The van der Waals surface area contributed by atoms with Gasteiger partial charge in [0.1, 0.15) is 11.6 Å². The number of nitrogens with one attached hydrogen (secondary N) is 1. The molecule has 0 fully saturated rings. The second-order valence-corrected chi connectivity index (χ2v) is 5.57. The van der Waals surface area contributed by atoms with Crippen molar-refractivity contribution in [1.29, 1.82) is 0 Å². The van der Waals surface area contributed by atoms with Gasteiger partial charge in [0, 0.05) is 18.3 Å². The van der Waals surface area contributed by atoms with E-state index in [9.17, 15) is 9.59 Å². The number of rotatable bonds is 4. The number of carboxylic acids is 1. The van der Waals surface area contributed by atoms with Gasteiger partial charge >= 0.3 is 12.1 Å². The van der Waals surface area contributed by atoms with Gasteiger partial charge in [-0.15, -0.1) is 0 Å². The third kappa shape index (κ3) is 5.69. The zero-order chi connectivity index (χ0) is 15.3. The molecule has 0 saturated heterocycles. The normalized spacial score (nSPS) is 12.6. The lowest BCUT2D eigenvalue weighted by Gasteiger charge is -2.21. The Morgan fingerprint density at radius 2 is 2.05 bits per heavy atom. The first kappa shape index (κ1) is 15.9. The van der Waals surface area contributed by atoms with E-state index in [2.05, 4.69) is 10.3 Å². The van der Waals surface area contributed by atoms with E-state index >= 15 is 0 Å². The van der Waals surface area contributed by atoms with Crippen LogP contribution in [0.15, 0.2) is 18.3 Å². The third-order valence-electron chi connectivity index (χ3n) is 2.37. The Balaban J connectivity index is 2.68. The van der Waals surface area contributed by atoms with Crippen molar-refractivity contribution < 1.29 is 19.4 Å². The number of aromatic nitrogens is 1. The number of hydrogen-bond donors (Lipinski definition) is 2. The highest BCUT2D eigenvalue weighted by Crippen LogP contribution is 2.08. The molecule has 110 valence electrons. The van der Waals surface area contributed by atoms with Crippen molar-refractivity contribution >= 4 is 12.1 Å². The number of amides is 1. The van der Waals surface area contributed by atoms with Crippen molar-refractivity contribution in [3.05, 3.63) is 29.6 Å². The summed E-state index contributed by atoms with van der Waals surface area (Å²) in [6, 6.07) is 2.51. The van der Waals surface area contributed by atoms with Crippen LogP contribution in [0.1, 0.15) is 32.0 Å². The van der Waals surface area contributed by atoms with E-state index < -0.39 is 23.7 Å². The summed E-state index contributed by atoms with van der Waals surface area (Å²) in [4.78, 5) is 26.9. The lowest BCUT2D eigenvalue weighted by molar-refractivity contribution is -0.139. The van der Waals surface area contributed by atoms with Gasteiger partial charge in [0.2, 0.25) is 0 Å². The Morgan fingerprint density at radius 1 is 1.40 bits per heavy atom. The maximum atomic E-state index is 11.6. The van der Waals surface area contributed by atoms with Crippen molar-refractivity contribution in [2.75, 3.05) is 0 Å². The molecule has 0 spiro atoms. The van der Waals surface area contributed by atoms with Crippen LogP contribution in [0, 0.1) is 6.92 Å². The SMILES string of the molecule is Cc1ccc(C[C@@H](NC(=O)OC(C)(C)C)C(=O)O)nc1. The molecule has 2 N–H and O–H groups in total. The lowest BCUT2D eigenvalue weighted by Crippen LogP contribution is -2.44. The molecule has 20 heavy (non-hydrogen) atoms. The summed E-state index contributed by atoms with van der Waals surface area (Å²) < 4.78 is 5.04. The number of hydrogen-bond acceptors (Lipinski definition) is 4. The molecule has 0 aromatic carbocycles. The second kappa shape index (κ2) is 6.36. The van der Waals surface area contributed by atoms with Gasteiger partial charge in [-0.3, -0.25) is 4.98 Å². The molecular weight excluding hydrogens is 260 g/mol. The van der Waals surface area contributed by atoms with Crippen LogP contribution >= 0.6 is 0 Å². The molecule has 1 aromatic rings. The summed E-state index contributed by atoms with van der Waals surface area (Å²) >= 11 is 0. The second-order valence-electron chi connectivity index (χ2n) is 5.57. The number of aliphatic carboxylic acids is 1. The van der Waals surface area contributed by atoms with Crippen molar-refractivity contribution in [3.8, 4) is 0 Å². The van der Waals surface area contributed by atoms with Gasteiger partial charge < -0.3 is 15.2 Å². The van der Waals surface area contributed by atoms with Gasteiger partial charge in [-0.1, -0.05) is 6.07 Å². The van der Waals surface area contributed by atoms with E-state index in [0.717, 1.165) is 5.56 Å². The molecule has 1 heterocycles. The summed E-state index contributed by atoms with van der Waals surface area (Å²) in [6.07, 6.45) is 1.01. The van der Waals surface area contributed by atoms with Crippen LogP contribution in [0.4, 0.5) is 4.79 Å². The maximum Gasteiger partial charge on any atom is 0.408 e. The maximum absolute atomic E-state index is 11.6. The summed E-state index contributed by atoms with van der Waals surface area (Å²) in [5, 5.41) is 11.5. The van der Waals surface area contributed by atoms with E-state index in [1.165, 1.54) is 0 Å². The Bertz CT molecular complexity index is 477. The Kier molecular flexibility index (Phi) is 5.07. The molecule has 1 amide bonds. The number of ether oxygens (including phenoxy) is 1. The molecule has 1 aromatic heterocycles. The smallest absolute Gasteiger partial charge is 0.408 e. The molecule has 0 aliphatic rings. The molecular formula is C14H20N2O4. The van der Waals surface area contributed by atoms with Gasteiger partial charge in [-0.2, -0.15) is 0 Å². The number of aryl methyl sites for hydroxylation is 1. The molecule has 0 aliphatic heterocycles. The average Bonchev–Trinajstić information content (AvgIpc) is 2.28. The minimum absolute atomic E-state index is 0.106. The molecule has 0 aliphatic carbocycles. The monoisotopic (exact) mass is 280 g/mol. The van der Waals surface area contributed by atoms with Crippen LogP contribution in [0.3, 0.4) is 0 Å². The number of nitrogens with zero attached hydrogens (tertiary/aromatic N) is 1. The Morgan fingerprint density at radius 3 is 2.50 bits per heavy atom. The standard InChI is InChI=1S/C14H20N2O4/c1-9-5-6-10(15-8-9)7-11(12(17)18)16-13(19)20-14(2,3)4/h5-6,8,11H,7H2,1-4H3,(H,16,19)(H,17,18)/t11-/m1/s1. The molecule has 0 radical (unpaired) electrons. The molecule has 0 bridgehead atoms. The van der Waals surface area contributed by atoms with Gasteiger partial charge in [0.05, 0.1) is 0 Å². The largest absolute Gasteiger partial charge is 0.480 e.